The van der Waals surface area contributed by atoms with Crippen molar-refractivity contribution in [1.82, 2.24) is 15.0 Å². The maximum atomic E-state index is 5.96. The van der Waals surface area contributed by atoms with Crippen molar-refractivity contribution in [2.75, 3.05) is 23.9 Å². The van der Waals surface area contributed by atoms with Gasteiger partial charge in [0.15, 0.2) is 5.16 Å². The highest BCUT2D eigenvalue weighted by Crippen LogP contribution is 2.20. The van der Waals surface area contributed by atoms with E-state index in [1.54, 1.807) is 0 Å². The summed E-state index contributed by atoms with van der Waals surface area (Å²) in [5, 5.41) is 3.87. The van der Waals surface area contributed by atoms with E-state index in [1.165, 1.54) is 17.3 Å². The molecule has 124 valence electrons. The minimum Gasteiger partial charge on any atom is -0.491 e. The lowest BCUT2D eigenvalue weighted by Gasteiger charge is -2.19. The van der Waals surface area contributed by atoms with Crippen molar-refractivity contribution in [1.29, 1.82) is 0 Å². The molecule has 2 aromatic rings. The van der Waals surface area contributed by atoms with Crippen LogP contribution in [-0.2, 0) is 0 Å². The van der Waals surface area contributed by atoms with Crippen LogP contribution in [0.3, 0.4) is 0 Å². The lowest BCUT2D eigenvalue weighted by molar-refractivity contribution is 0.291. The standard InChI is InChI=1S/C16H23N5OS/c1-5-12(9-22-13-8-10(2)6-7-11(13)3)18-15-19-14(17)20-16(21-15)23-4/h6-8,12H,5,9H2,1-4H3,(H3,17,18,19,20,21). The van der Waals surface area contributed by atoms with Crippen LogP contribution in [-0.4, -0.2) is 33.9 Å². The third-order valence-electron chi connectivity index (χ3n) is 3.42. The molecule has 3 N–H and O–H groups in total. The number of aromatic nitrogens is 3. The van der Waals surface area contributed by atoms with E-state index in [9.17, 15) is 0 Å². The minimum atomic E-state index is 0.0893. The molecular weight excluding hydrogens is 310 g/mol. The largest absolute Gasteiger partial charge is 0.491 e. The molecule has 0 fully saturated rings. The predicted octanol–water partition coefficient (Wildman–Crippen LogP) is 3.06. The van der Waals surface area contributed by atoms with E-state index in [1.807, 2.05) is 13.2 Å². The topological polar surface area (TPSA) is 86.0 Å². The molecule has 1 atom stereocenters. The minimum absolute atomic E-state index is 0.0893. The average molecular weight is 333 g/mol. The maximum absolute atomic E-state index is 5.96. The van der Waals surface area contributed by atoms with E-state index >= 15 is 0 Å². The van der Waals surface area contributed by atoms with Crippen LogP contribution in [0.5, 0.6) is 5.75 Å². The number of aryl methyl sites for hydroxylation is 2. The van der Waals surface area contributed by atoms with Crippen LogP contribution in [0.4, 0.5) is 11.9 Å². The van der Waals surface area contributed by atoms with E-state index in [2.05, 4.69) is 52.3 Å². The summed E-state index contributed by atoms with van der Waals surface area (Å²) in [7, 11) is 0. The number of benzene rings is 1. The van der Waals surface area contributed by atoms with Crippen molar-refractivity contribution < 1.29 is 4.74 Å². The first kappa shape index (κ1) is 17.3. The Balaban J connectivity index is 2.03. The second kappa shape index (κ2) is 8.01. The lowest BCUT2D eigenvalue weighted by atomic mass is 10.1. The smallest absolute Gasteiger partial charge is 0.228 e. The van der Waals surface area contributed by atoms with Gasteiger partial charge < -0.3 is 15.8 Å². The first-order valence-corrected chi connectivity index (χ1v) is 8.76. The van der Waals surface area contributed by atoms with Gasteiger partial charge in [-0.3, -0.25) is 0 Å². The van der Waals surface area contributed by atoms with Crippen molar-refractivity contribution in [2.45, 2.75) is 38.4 Å². The number of hydrogen-bond donors (Lipinski definition) is 2. The Hall–Kier alpha value is -2.02. The summed E-state index contributed by atoms with van der Waals surface area (Å²) in [6.45, 7) is 6.71. The average Bonchev–Trinajstić information content (AvgIpc) is 2.53. The van der Waals surface area contributed by atoms with Gasteiger partial charge in [-0.15, -0.1) is 0 Å². The zero-order chi connectivity index (χ0) is 16.8. The molecule has 0 aliphatic carbocycles. The van der Waals surface area contributed by atoms with Crippen LogP contribution < -0.4 is 15.8 Å². The first-order valence-electron chi connectivity index (χ1n) is 7.54. The first-order chi connectivity index (χ1) is 11.0. The van der Waals surface area contributed by atoms with Crippen LogP contribution in [0.15, 0.2) is 23.4 Å². The molecule has 0 radical (unpaired) electrons. The Bertz CT molecular complexity index is 665. The summed E-state index contributed by atoms with van der Waals surface area (Å²) in [5.74, 6) is 1.61. The molecule has 7 heteroatoms. The SMILES string of the molecule is CCC(COc1cc(C)ccc1C)Nc1nc(N)nc(SC)n1. The number of nitrogens with zero attached hydrogens (tertiary/aromatic N) is 3. The third kappa shape index (κ3) is 4.99. The van der Waals surface area contributed by atoms with Crippen molar-refractivity contribution >= 4 is 23.7 Å². The van der Waals surface area contributed by atoms with Gasteiger partial charge in [0.25, 0.3) is 0 Å². The second-order valence-electron chi connectivity index (χ2n) is 5.33. The Morgan fingerprint density at radius 3 is 2.74 bits per heavy atom. The number of hydrogen-bond acceptors (Lipinski definition) is 7. The van der Waals surface area contributed by atoms with Gasteiger partial charge in [-0.1, -0.05) is 30.8 Å². The molecule has 1 aromatic heterocycles. The summed E-state index contributed by atoms with van der Waals surface area (Å²) in [5.41, 5.74) is 8.01. The van der Waals surface area contributed by atoms with Gasteiger partial charge in [0.05, 0.1) is 6.04 Å². The summed E-state index contributed by atoms with van der Waals surface area (Å²) in [4.78, 5) is 12.5. The molecule has 0 aliphatic rings. The number of thioether (sulfide) groups is 1. The van der Waals surface area contributed by atoms with Gasteiger partial charge in [-0.2, -0.15) is 15.0 Å². The number of nitrogens with one attached hydrogen (secondary N) is 1. The van der Waals surface area contributed by atoms with Crippen LogP contribution in [0.1, 0.15) is 24.5 Å². The molecule has 0 aliphatic heterocycles. The molecule has 1 unspecified atom stereocenters. The van der Waals surface area contributed by atoms with Gasteiger partial charge in [0, 0.05) is 0 Å². The van der Waals surface area contributed by atoms with Gasteiger partial charge >= 0.3 is 0 Å². The number of nitrogens with two attached hydrogens (primary N) is 1. The van der Waals surface area contributed by atoms with E-state index in [-0.39, 0.29) is 12.0 Å². The molecule has 0 saturated carbocycles. The highest BCUT2D eigenvalue weighted by atomic mass is 32.2. The second-order valence-corrected chi connectivity index (χ2v) is 6.11. The molecule has 0 spiro atoms. The molecule has 0 saturated heterocycles. The van der Waals surface area contributed by atoms with Crippen molar-refractivity contribution in [3.8, 4) is 5.75 Å². The number of rotatable bonds is 7. The van der Waals surface area contributed by atoms with E-state index < -0.39 is 0 Å². The summed E-state index contributed by atoms with van der Waals surface area (Å²) < 4.78 is 5.96. The Morgan fingerprint density at radius 2 is 2.04 bits per heavy atom. The van der Waals surface area contributed by atoms with Crippen molar-refractivity contribution in [2.24, 2.45) is 0 Å². The Labute approximate surface area is 141 Å². The molecule has 6 nitrogen and oxygen atoms in total. The fourth-order valence-electron chi connectivity index (χ4n) is 2.03. The predicted molar refractivity (Wildman–Crippen MR) is 95.1 cm³/mol. The maximum Gasteiger partial charge on any atom is 0.228 e. The molecule has 0 amide bonds. The van der Waals surface area contributed by atoms with Crippen LogP contribution in [0, 0.1) is 13.8 Å². The molecule has 1 heterocycles. The number of nitrogen functional groups attached to an aromatic ring is 1. The normalized spacial score (nSPS) is 12.0. The van der Waals surface area contributed by atoms with Crippen LogP contribution in [0.25, 0.3) is 0 Å². The Morgan fingerprint density at radius 1 is 1.26 bits per heavy atom. The van der Waals surface area contributed by atoms with Gasteiger partial charge in [-0.25, -0.2) is 0 Å². The molecular formula is C16H23N5OS. The van der Waals surface area contributed by atoms with Crippen molar-refractivity contribution in [3.63, 3.8) is 0 Å². The van der Waals surface area contributed by atoms with E-state index in [0.29, 0.717) is 17.7 Å². The zero-order valence-electron chi connectivity index (χ0n) is 14.0. The lowest BCUT2D eigenvalue weighted by Crippen LogP contribution is -2.27. The van der Waals surface area contributed by atoms with Crippen molar-refractivity contribution in [3.05, 3.63) is 29.3 Å². The highest BCUT2D eigenvalue weighted by Gasteiger charge is 2.12. The summed E-state index contributed by atoms with van der Waals surface area (Å²) in [6.07, 6.45) is 2.78. The van der Waals surface area contributed by atoms with Crippen LogP contribution in [0.2, 0.25) is 0 Å². The fourth-order valence-corrected chi connectivity index (χ4v) is 2.39. The monoisotopic (exact) mass is 333 g/mol. The molecule has 23 heavy (non-hydrogen) atoms. The highest BCUT2D eigenvalue weighted by molar-refractivity contribution is 7.98. The number of anilines is 2. The fraction of sp³-hybridized carbons (Fsp3) is 0.438. The van der Waals surface area contributed by atoms with E-state index in [4.69, 9.17) is 10.5 Å². The quantitative estimate of drug-likeness (QED) is 0.753. The number of ether oxygens (including phenoxy) is 1. The van der Waals surface area contributed by atoms with Gasteiger partial charge in [0.2, 0.25) is 11.9 Å². The van der Waals surface area contributed by atoms with E-state index in [0.717, 1.165) is 17.7 Å². The molecule has 0 bridgehead atoms. The third-order valence-corrected chi connectivity index (χ3v) is 3.97. The van der Waals surface area contributed by atoms with Gasteiger partial charge in [0.1, 0.15) is 12.4 Å². The zero-order valence-corrected chi connectivity index (χ0v) is 14.8. The molecule has 1 aromatic carbocycles. The summed E-state index contributed by atoms with van der Waals surface area (Å²) in [6, 6.07) is 6.28. The van der Waals surface area contributed by atoms with Gasteiger partial charge in [-0.05, 0) is 43.7 Å². The summed E-state index contributed by atoms with van der Waals surface area (Å²) >= 11 is 1.43. The molecule has 2 rings (SSSR count). The Kier molecular flexibility index (Phi) is 6.04. The van der Waals surface area contributed by atoms with Crippen LogP contribution >= 0.6 is 11.8 Å².